The Hall–Kier alpha value is -4.71. The van der Waals surface area contributed by atoms with E-state index in [2.05, 4.69) is 161 Å². The molecule has 0 aromatic rings. The summed E-state index contributed by atoms with van der Waals surface area (Å²) in [7, 11) is 0. The molecule has 0 aromatic heterocycles. The second-order valence-electron chi connectivity index (χ2n) is 20.9. The molecule has 0 N–H and O–H groups in total. The van der Waals surface area contributed by atoms with Crippen LogP contribution in [0.25, 0.3) is 0 Å². The molecule has 0 rings (SSSR count). The van der Waals surface area contributed by atoms with E-state index in [1.165, 1.54) is 109 Å². The number of carbonyl (C=O) groups is 3. The third kappa shape index (κ3) is 64.0. The van der Waals surface area contributed by atoms with Gasteiger partial charge in [0.1, 0.15) is 13.2 Å². The maximum Gasteiger partial charge on any atom is 0.306 e. The minimum atomic E-state index is -0.834. The van der Waals surface area contributed by atoms with Gasteiger partial charge in [0, 0.05) is 19.3 Å². The fourth-order valence-electron chi connectivity index (χ4n) is 8.55. The van der Waals surface area contributed by atoms with Crippen LogP contribution >= 0.6 is 0 Å². The molecule has 6 nitrogen and oxygen atoms in total. The van der Waals surface area contributed by atoms with E-state index in [0.717, 1.165) is 122 Å². The van der Waals surface area contributed by atoms with Gasteiger partial charge in [-0.1, -0.05) is 276 Å². The number of hydrogen-bond donors (Lipinski definition) is 0. The van der Waals surface area contributed by atoms with E-state index < -0.39 is 12.1 Å². The normalized spacial score (nSPS) is 13.1. The molecular formula is C73H118O6. The zero-order valence-electron chi connectivity index (χ0n) is 51.1. The highest BCUT2D eigenvalue weighted by molar-refractivity contribution is 5.71. The first-order valence-electron chi connectivity index (χ1n) is 32.3. The molecule has 0 aromatic carbocycles. The fourth-order valence-corrected chi connectivity index (χ4v) is 8.55. The molecule has 446 valence electrons. The van der Waals surface area contributed by atoms with Crippen molar-refractivity contribution in [2.45, 2.75) is 284 Å². The van der Waals surface area contributed by atoms with Crippen LogP contribution < -0.4 is 0 Å². The maximum absolute atomic E-state index is 12.9. The first-order valence-corrected chi connectivity index (χ1v) is 32.3. The second kappa shape index (κ2) is 65.8. The van der Waals surface area contributed by atoms with E-state index in [-0.39, 0.29) is 31.6 Å². The molecule has 0 amide bonds. The van der Waals surface area contributed by atoms with Gasteiger partial charge in [-0.3, -0.25) is 14.4 Å². The lowest BCUT2D eigenvalue weighted by Gasteiger charge is -2.18. The van der Waals surface area contributed by atoms with Crippen molar-refractivity contribution < 1.29 is 28.6 Å². The van der Waals surface area contributed by atoms with Crippen molar-refractivity contribution in [2.75, 3.05) is 13.2 Å². The third-order valence-electron chi connectivity index (χ3n) is 13.3. The third-order valence-corrected chi connectivity index (χ3v) is 13.3. The van der Waals surface area contributed by atoms with Crippen molar-refractivity contribution in [2.24, 2.45) is 0 Å². The van der Waals surface area contributed by atoms with E-state index in [1.807, 2.05) is 6.08 Å². The van der Waals surface area contributed by atoms with Gasteiger partial charge in [-0.15, -0.1) is 0 Å². The van der Waals surface area contributed by atoms with Gasteiger partial charge >= 0.3 is 17.9 Å². The highest BCUT2D eigenvalue weighted by atomic mass is 16.6. The Labute approximate surface area is 487 Å². The van der Waals surface area contributed by atoms with Crippen molar-refractivity contribution in [1.82, 2.24) is 0 Å². The Bertz CT molecular complexity index is 1730. The summed E-state index contributed by atoms with van der Waals surface area (Å²) in [4.78, 5) is 38.3. The molecule has 0 saturated carbocycles. The largest absolute Gasteiger partial charge is 0.462 e. The summed E-state index contributed by atoms with van der Waals surface area (Å²) < 4.78 is 16.9. The molecule has 0 aliphatic heterocycles. The standard InChI is InChI=1S/C73H118O6/c1-4-7-10-13-16-19-22-25-28-31-34-35-36-37-40-42-45-48-51-54-57-60-63-66-72(75)78-69-70(79-73(76)67-64-61-58-55-52-49-46-43-39-33-30-27-24-21-18-15-12-9-6-3)68-77-71(74)65-62-59-56-53-50-47-44-41-38-32-29-26-23-20-17-14-11-8-5-2/h8-9,11-12,17-18,20-22,25-27,29-31,34,38-39,41,43,49,52,58,61,70H,4-7,10,13-16,19,23-24,28,32-33,35-37,40,42,44-48,50-51,53-57,59-60,62-69H2,1-3H3/b11-8-,12-9-,20-17-,21-18-,25-22-,29-26-,30-27-,34-31-,41-38-,43-39-,52-49-,61-58-. The Balaban J connectivity index is 4.51. The van der Waals surface area contributed by atoms with Gasteiger partial charge in [0.25, 0.3) is 0 Å². The van der Waals surface area contributed by atoms with Crippen LogP contribution in [0, 0.1) is 0 Å². The summed E-state index contributed by atoms with van der Waals surface area (Å²) in [6.45, 7) is 6.34. The van der Waals surface area contributed by atoms with Crippen LogP contribution in [0.4, 0.5) is 0 Å². The molecular weight excluding hydrogens is 973 g/mol. The SMILES string of the molecule is CC/C=C\C/C=C\C/C=C\C/C=C\C/C=C\C/C=C\CCC(=O)OC(COC(=O)CCCCCCCC/C=C\C/C=C\C/C=C\C/C=C\CC)COC(=O)CCCCCCCCCCCCC/C=C\C/C=C\CCCCCCC. The molecule has 1 unspecified atom stereocenters. The summed E-state index contributed by atoms with van der Waals surface area (Å²) in [6, 6.07) is 0. The number of hydrogen-bond acceptors (Lipinski definition) is 6. The van der Waals surface area contributed by atoms with Crippen molar-refractivity contribution in [3.8, 4) is 0 Å². The Morgan fingerprint density at radius 2 is 0.519 bits per heavy atom. The molecule has 0 aliphatic rings. The minimum Gasteiger partial charge on any atom is -0.462 e. The monoisotopic (exact) mass is 1090 g/mol. The van der Waals surface area contributed by atoms with Gasteiger partial charge in [-0.2, -0.15) is 0 Å². The zero-order chi connectivity index (χ0) is 57.1. The first-order chi connectivity index (χ1) is 39.0. The van der Waals surface area contributed by atoms with Crippen LogP contribution in [0.3, 0.4) is 0 Å². The van der Waals surface area contributed by atoms with Crippen LogP contribution in [0.2, 0.25) is 0 Å². The van der Waals surface area contributed by atoms with Gasteiger partial charge in [0.15, 0.2) is 6.10 Å². The maximum atomic E-state index is 12.9. The second-order valence-corrected chi connectivity index (χ2v) is 20.9. The van der Waals surface area contributed by atoms with Gasteiger partial charge in [-0.25, -0.2) is 0 Å². The Kier molecular flexibility index (Phi) is 61.9. The lowest BCUT2D eigenvalue weighted by molar-refractivity contribution is -0.166. The lowest BCUT2D eigenvalue weighted by atomic mass is 10.0. The first kappa shape index (κ1) is 74.3. The highest BCUT2D eigenvalue weighted by Gasteiger charge is 2.19. The van der Waals surface area contributed by atoms with Crippen molar-refractivity contribution in [3.05, 3.63) is 146 Å². The number of allylic oxidation sites excluding steroid dienone is 24. The van der Waals surface area contributed by atoms with E-state index in [0.29, 0.717) is 19.3 Å². The topological polar surface area (TPSA) is 78.9 Å². The summed E-state index contributed by atoms with van der Waals surface area (Å²) in [6.07, 6.45) is 94.3. The fraction of sp³-hybridized carbons (Fsp3) is 0.630. The quantitative estimate of drug-likeness (QED) is 0.0261. The van der Waals surface area contributed by atoms with Crippen LogP contribution in [0.15, 0.2) is 146 Å². The number of rotatable bonds is 57. The number of carbonyl (C=O) groups excluding carboxylic acids is 3. The molecule has 6 heteroatoms. The van der Waals surface area contributed by atoms with Gasteiger partial charge in [0.05, 0.1) is 0 Å². The van der Waals surface area contributed by atoms with Crippen LogP contribution in [0.1, 0.15) is 278 Å². The molecule has 0 saturated heterocycles. The number of unbranched alkanes of at least 4 members (excludes halogenated alkanes) is 22. The van der Waals surface area contributed by atoms with Crippen molar-refractivity contribution in [3.63, 3.8) is 0 Å². The van der Waals surface area contributed by atoms with Crippen LogP contribution in [-0.4, -0.2) is 37.2 Å². The minimum absolute atomic E-state index is 0.119. The summed E-state index contributed by atoms with van der Waals surface area (Å²) >= 11 is 0. The summed E-state index contributed by atoms with van der Waals surface area (Å²) in [5.74, 6) is -1.02. The highest BCUT2D eigenvalue weighted by Crippen LogP contribution is 2.15. The van der Waals surface area contributed by atoms with Gasteiger partial charge in [-0.05, 0) is 128 Å². The summed E-state index contributed by atoms with van der Waals surface area (Å²) in [5.41, 5.74) is 0. The zero-order valence-corrected chi connectivity index (χ0v) is 51.1. The molecule has 79 heavy (non-hydrogen) atoms. The predicted molar refractivity (Wildman–Crippen MR) is 343 cm³/mol. The molecule has 0 aliphatic carbocycles. The molecule has 0 radical (unpaired) electrons. The van der Waals surface area contributed by atoms with Crippen molar-refractivity contribution >= 4 is 17.9 Å². The average Bonchev–Trinajstić information content (AvgIpc) is 3.45. The number of ether oxygens (including phenoxy) is 3. The number of esters is 3. The predicted octanol–water partition coefficient (Wildman–Crippen LogP) is 22.3. The molecule has 1 atom stereocenters. The summed E-state index contributed by atoms with van der Waals surface area (Å²) in [5, 5.41) is 0. The molecule has 0 heterocycles. The molecule has 0 fully saturated rings. The van der Waals surface area contributed by atoms with E-state index in [4.69, 9.17) is 14.2 Å². The van der Waals surface area contributed by atoms with Crippen molar-refractivity contribution in [1.29, 1.82) is 0 Å². The van der Waals surface area contributed by atoms with Crippen LogP contribution in [0.5, 0.6) is 0 Å². The van der Waals surface area contributed by atoms with E-state index >= 15 is 0 Å². The Morgan fingerprint density at radius 1 is 0.266 bits per heavy atom. The molecule has 0 bridgehead atoms. The lowest BCUT2D eigenvalue weighted by Crippen LogP contribution is -2.30. The van der Waals surface area contributed by atoms with E-state index in [1.54, 1.807) is 0 Å². The Morgan fingerprint density at radius 3 is 0.823 bits per heavy atom. The van der Waals surface area contributed by atoms with Crippen LogP contribution in [-0.2, 0) is 28.6 Å². The van der Waals surface area contributed by atoms with Gasteiger partial charge in [0.2, 0.25) is 0 Å². The molecule has 0 spiro atoms. The average molecular weight is 1090 g/mol. The smallest absolute Gasteiger partial charge is 0.306 e. The van der Waals surface area contributed by atoms with E-state index in [9.17, 15) is 14.4 Å². The van der Waals surface area contributed by atoms with Gasteiger partial charge < -0.3 is 14.2 Å².